The van der Waals surface area contributed by atoms with Gasteiger partial charge in [0.25, 0.3) is 0 Å². The topological polar surface area (TPSA) is 80.3 Å². The molecule has 1 aliphatic heterocycles. The number of unbranched alkanes of at least 4 members (excludes halogenated alkanes) is 6. The van der Waals surface area contributed by atoms with E-state index in [0.29, 0.717) is 12.2 Å². The Labute approximate surface area is 179 Å². The average Bonchev–Trinajstić information content (AvgIpc) is 3.18. The van der Waals surface area contributed by atoms with Gasteiger partial charge in [-0.25, -0.2) is 9.59 Å². The molecule has 1 aromatic rings. The zero-order chi connectivity index (χ0) is 22.0. The van der Waals surface area contributed by atoms with E-state index in [0.717, 1.165) is 24.8 Å². The number of carbonyl (C=O) groups is 2. The molecule has 1 saturated heterocycles. The molecule has 2 rings (SSSR count). The number of methoxy groups -OCH3 is 3. The van der Waals surface area contributed by atoms with Crippen molar-refractivity contribution in [2.24, 2.45) is 0 Å². The van der Waals surface area contributed by atoms with E-state index in [1.54, 1.807) is 19.2 Å². The van der Waals surface area contributed by atoms with Gasteiger partial charge in [0.1, 0.15) is 5.75 Å². The molecule has 7 nitrogen and oxygen atoms in total. The Balaban J connectivity index is 2.20. The first kappa shape index (κ1) is 24.2. The highest BCUT2D eigenvalue weighted by Gasteiger charge is 2.55. The van der Waals surface area contributed by atoms with Crippen molar-refractivity contribution in [3.05, 3.63) is 29.8 Å². The second-order valence-electron chi connectivity index (χ2n) is 7.48. The Kier molecular flexibility index (Phi) is 9.59. The molecular weight excluding hydrogens is 388 g/mol. The molecule has 1 aromatic carbocycles. The zero-order valence-electron chi connectivity index (χ0n) is 18.5. The maximum Gasteiger partial charge on any atom is 0.338 e. The van der Waals surface area contributed by atoms with Gasteiger partial charge in [-0.2, -0.15) is 0 Å². The van der Waals surface area contributed by atoms with Crippen LogP contribution in [0.15, 0.2) is 24.3 Å². The van der Waals surface area contributed by atoms with E-state index in [4.69, 9.17) is 23.7 Å². The van der Waals surface area contributed by atoms with Gasteiger partial charge in [-0.3, -0.25) is 0 Å². The summed E-state index contributed by atoms with van der Waals surface area (Å²) in [5.41, 5.74) is 0.717. The molecule has 0 amide bonds. The largest absolute Gasteiger partial charge is 0.497 e. The lowest BCUT2D eigenvalue weighted by Gasteiger charge is -2.28. The van der Waals surface area contributed by atoms with E-state index in [2.05, 4.69) is 6.92 Å². The summed E-state index contributed by atoms with van der Waals surface area (Å²) in [7, 11) is 4.10. The summed E-state index contributed by atoms with van der Waals surface area (Å²) in [6.07, 6.45) is 6.01. The Bertz CT molecular complexity index is 647. The Morgan fingerprint density at radius 2 is 1.33 bits per heavy atom. The van der Waals surface area contributed by atoms with Crippen molar-refractivity contribution < 1.29 is 33.3 Å². The minimum absolute atomic E-state index is 0.508. The number of rotatable bonds is 12. The number of carbonyl (C=O) groups excluding carboxylic acids is 2. The van der Waals surface area contributed by atoms with Crippen molar-refractivity contribution in [3.63, 3.8) is 0 Å². The van der Waals surface area contributed by atoms with Gasteiger partial charge >= 0.3 is 11.9 Å². The van der Waals surface area contributed by atoms with Crippen molar-refractivity contribution >= 4 is 11.9 Å². The van der Waals surface area contributed by atoms with Crippen LogP contribution in [-0.2, 0) is 34.3 Å². The van der Waals surface area contributed by atoms with E-state index in [1.165, 1.54) is 39.9 Å². The van der Waals surface area contributed by atoms with Gasteiger partial charge < -0.3 is 23.7 Å². The van der Waals surface area contributed by atoms with Gasteiger partial charge in [-0.15, -0.1) is 0 Å². The van der Waals surface area contributed by atoms with Gasteiger partial charge in [0, 0.05) is 12.0 Å². The lowest BCUT2D eigenvalue weighted by molar-refractivity contribution is -0.199. The molecule has 0 saturated carbocycles. The van der Waals surface area contributed by atoms with Gasteiger partial charge in [0.05, 0.1) is 21.3 Å². The van der Waals surface area contributed by atoms with Gasteiger partial charge in [-0.05, 0) is 30.7 Å². The molecule has 1 heterocycles. The number of ether oxygens (including phenoxy) is 5. The van der Waals surface area contributed by atoms with Crippen LogP contribution < -0.4 is 4.74 Å². The van der Waals surface area contributed by atoms with E-state index in [1.807, 2.05) is 12.1 Å². The molecule has 0 bridgehead atoms. The maximum atomic E-state index is 12.3. The standard InChI is InChI=1S/C23H34O7/c1-5-6-7-8-9-10-11-16-23(17-12-14-18(26-2)15-13-17)29-19(21(24)27-3)20(30-23)22(25)28-4/h12-15,19-20H,5-11,16H2,1-4H3/t19-,20-/m1/s1. The molecule has 7 heteroatoms. The van der Waals surface area contributed by atoms with Crippen molar-refractivity contribution in [2.45, 2.75) is 76.3 Å². The monoisotopic (exact) mass is 422 g/mol. The molecule has 0 radical (unpaired) electrons. The first-order valence-corrected chi connectivity index (χ1v) is 10.7. The third-order valence-electron chi connectivity index (χ3n) is 5.42. The zero-order valence-corrected chi connectivity index (χ0v) is 18.5. The van der Waals surface area contributed by atoms with Gasteiger partial charge in [-0.1, -0.05) is 45.4 Å². The minimum Gasteiger partial charge on any atom is -0.497 e. The summed E-state index contributed by atoms with van der Waals surface area (Å²) in [5.74, 6) is -1.87. The first-order valence-electron chi connectivity index (χ1n) is 10.7. The summed E-state index contributed by atoms with van der Waals surface area (Å²) in [6.45, 7) is 2.20. The molecule has 168 valence electrons. The molecule has 0 N–H and O–H groups in total. The van der Waals surface area contributed by atoms with Crippen LogP contribution in [0.3, 0.4) is 0 Å². The van der Waals surface area contributed by atoms with E-state index < -0.39 is 29.9 Å². The fourth-order valence-corrected chi connectivity index (χ4v) is 3.70. The molecule has 1 fully saturated rings. The normalized spacial score (nSPS) is 20.0. The van der Waals surface area contributed by atoms with Gasteiger partial charge in [0.2, 0.25) is 0 Å². The first-order chi connectivity index (χ1) is 14.5. The number of hydrogen-bond donors (Lipinski definition) is 0. The highest BCUT2D eigenvalue weighted by Crippen LogP contribution is 2.43. The van der Waals surface area contributed by atoms with Crippen LogP contribution in [0.1, 0.15) is 63.9 Å². The average molecular weight is 423 g/mol. The van der Waals surface area contributed by atoms with Crippen LogP contribution in [0.25, 0.3) is 0 Å². The molecule has 0 spiro atoms. The molecule has 30 heavy (non-hydrogen) atoms. The van der Waals surface area contributed by atoms with Crippen molar-refractivity contribution in [3.8, 4) is 5.75 Å². The van der Waals surface area contributed by atoms with Crippen LogP contribution in [-0.4, -0.2) is 45.5 Å². The van der Waals surface area contributed by atoms with Crippen molar-refractivity contribution in [1.29, 1.82) is 0 Å². The molecule has 0 aromatic heterocycles. The van der Waals surface area contributed by atoms with Crippen LogP contribution >= 0.6 is 0 Å². The number of hydrogen-bond acceptors (Lipinski definition) is 7. The third kappa shape index (κ3) is 5.95. The van der Waals surface area contributed by atoms with Crippen LogP contribution in [0.5, 0.6) is 5.75 Å². The van der Waals surface area contributed by atoms with E-state index in [-0.39, 0.29) is 0 Å². The third-order valence-corrected chi connectivity index (χ3v) is 5.42. The minimum atomic E-state index is -1.23. The second-order valence-corrected chi connectivity index (χ2v) is 7.48. The summed E-state index contributed by atoms with van der Waals surface area (Å²) in [5, 5.41) is 0. The summed E-state index contributed by atoms with van der Waals surface area (Å²) >= 11 is 0. The number of esters is 2. The summed E-state index contributed by atoms with van der Waals surface area (Å²) < 4.78 is 27.1. The SMILES string of the molecule is CCCCCCCCCC1(c2ccc(OC)cc2)O[C@@H](C(=O)OC)[C@H](C(=O)OC)O1. The fourth-order valence-electron chi connectivity index (χ4n) is 3.70. The molecule has 0 unspecified atom stereocenters. The lowest BCUT2D eigenvalue weighted by Crippen LogP contribution is -2.38. The van der Waals surface area contributed by atoms with Crippen LogP contribution in [0.4, 0.5) is 0 Å². The summed E-state index contributed by atoms with van der Waals surface area (Å²) in [6, 6.07) is 7.25. The Morgan fingerprint density at radius 3 is 1.80 bits per heavy atom. The smallest absolute Gasteiger partial charge is 0.338 e. The van der Waals surface area contributed by atoms with Crippen molar-refractivity contribution in [2.75, 3.05) is 21.3 Å². The highest BCUT2D eigenvalue weighted by molar-refractivity contribution is 5.86. The van der Waals surface area contributed by atoms with E-state index >= 15 is 0 Å². The number of benzene rings is 1. The van der Waals surface area contributed by atoms with Crippen molar-refractivity contribution in [1.82, 2.24) is 0 Å². The quantitative estimate of drug-likeness (QED) is 0.370. The maximum absolute atomic E-state index is 12.3. The second kappa shape index (κ2) is 11.9. The van der Waals surface area contributed by atoms with Crippen LogP contribution in [0, 0.1) is 0 Å². The van der Waals surface area contributed by atoms with E-state index in [9.17, 15) is 9.59 Å². The highest BCUT2D eigenvalue weighted by atomic mass is 16.8. The molecule has 0 aliphatic carbocycles. The fraction of sp³-hybridized carbons (Fsp3) is 0.652. The summed E-state index contributed by atoms with van der Waals surface area (Å²) in [4.78, 5) is 24.6. The van der Waals surface area contributed by atoms with Crippen LogP contribution in [0.2, 0.25) is 0 Å². The Morgan fingerprint density at radius 1 is 0.833 bits per heavy atom. The predicted octanol–water partition coefficient (Wildman–Crippen LogP) is 4.12. The Hall–Kier alpha value is -2.12. The molecule has 1 aliphatic rings. The lowest BCUT2D eigenvalue weighted by atomic mass is 9.98. The molecule has 2 atom stereocenters. The predicted molar refractivity (Wildman–Crippen MR) is 111 cm³/mol. The molecular formula is C23H34O7. The van der Waals surface area contributed by atoms with Gasteiger partial charge in [0.15, 0.2) is 18.0 Å².